The first-order valence-electron chi connectivity index (χ1n) is 10.00. The van der Waals surface area contributed by atoms with Crippen molar-refractivity contribution in [2.75, 3.05) is 0 Å². The third kappa shape index (κ3) is 24.5. The van der Waals surface area contributed by atoms with Crippen LogP contribution in [0.4, 0.5) is 0 Å². The summed E-state index contributed by atoms with van der Waals surface area (Å²) in [5.41, 5.74) is 0. The van der Waals surface area contributed by atoms with E-state index in [0.717, 1.165) is 89.1 Å². The molecule has 0 fully saturated rings. The molecule has 11 heteroatoms. The normalized spacial score (nSPS) is 13.3. The second kappa shape index (κ2) is 16.0. The van der Waals surface area contributed by atoms with Gasteiger partial charge in [-0.3, -0.25) is 0 Å². The minimum Gasteiger partial charge on any atom is -0.411 e. The lowest BCUT2D eigenvalue weighted by molar-refractivity contribution is 0.350. The molecule has 0 aromatic heterocycles. The molecule has 0 atom stereocenters. The Hall–Kier alpha value is 2.31. The van der Waals surface area contributed by atoms with Crippen molar-refractivity contribution in [3.05, 3.63) is 0 Å². The van der Waals surface area contributed by atoms with E-state index in [1.54, 1.807) is 0 Å². The van der Waals surface area contributed by atoms with Crippen LogP contribution in [0, 0.1) is 0 Å². The summed E-state index contributed by atoms with van der Waals surface area (Å²) in [5.74, 6) is 0. The maximum absolute atomic E-state index is 10.2. The van der Waals surface area contributed by atoms with Crippen molar-refractivity contribution in [1.29, 1.82) is 0 Å². The number of rotatable bonds is 18. The smallest absolute Gasteiger partial charge is 0.341 e. The third-order valence-electron chi connectivity index (χ3n) is 4.57. The SMILES string of the molecule is O[Si](O)(CCCCCCCC[Si](Cl)(Cl)Cl)CCCCCCCC[Si](Cl)(Cl)Cl. The molecule has 0 aliphatic rings. The average Bonchev–Trinajstić information content (AvgIpc) is 2.50. The van der Waals surface area contributed by atoms with E-state index in [9.17, 15) is 9.59 Å². The van der Waals surface area contributed by atoms with Gasteiger partial charge < -0.3 is 9.59 Å². The summed E-state index contributed by atoms with van der Waals surface area (Å²) in [5, 5.41) is 0. The molecule has 2 N–H and O–H groups in total. The molecule has 0 aliphatic carbocycles. The largest absolute Gasteiger partial charge is 0.411 e. The summed E-state index contributed by atoms with van der Waals surface area (Å²) in [6.07, 6.45) is 12.5. The first-order chi connectivity index (χ1) is 12.4. The van der Waals surface area contributed by atoms with Gasteiger partial charge >= 0.3 is 20.6 Å². The molecule has 0 bridgehead atoms. The summed E-state index contributed by atoms with van der Waals surface area (Å²) >= 11 is 35.1. The maximum Gasteiger partial charge on any atom is 0.341 e. The van der Waals surface area contributed by atoms with E-state index in [4.69, 9.17) is 66.5 Å². The van der Waals surface area contributed by atoms with Crippen molar-refractivity contribution >= 4 is 87.0 Å². The Morgan fingerprint density at radius 3 is 0.852 bits per heavy atom. The monoisotopic (exact) mass is 552 g/mol. The summed E-state index contributed by atoms with van der Waals surface area (Å²) in [7, 11) is -3.00. The van der Waals surface area contributed by atoms with Crippen molar-refractivity contribution in [2.45, 2.75) is 101 Å². The highest BCUT2D eigenvalue weighted by Gasteiger charge is 2.27. The summed E-state index contributed by atoms with van der Waals surface area (Å²) in [4.78, 5) is 20.4. The van der Waals surface area contributed by atoms with Gasteiger partial charge in [0.1, 0.15) is 0 Å². The summed E-state index contributed by atoms with van der Waals surface area (Å²) in [6.45, 7) is 0. The minimum atomic E-state index is -3.00. The number of halogens is 6. The van der Waals surface area contributed by atoms with Gasteiger partial charge in [-0.2, -0.15) is 0 Å². The Labute approximate surface area is 196 Å². The molecule has 0 aliphatic heterocycles. The lowest BCUT2D eigenvalue weighted by Crippen LogP contribution is -2.33. The fourth-order valence-electron chi connectivity index (χ4n) is 3.01. The van der Waals surface area contributed by atoms with E-state index in [1.807, 2.05) is 0 Å². The molecule has 0 amide bonds. The van der Waals surface area contributed by atoms with Crippen molar-refractivity contribution in [3.8, 4) is 0 Å². The second-order valence-corrected chi connectivity index (χ2v) is 29.0. The van der Waals surface area contributed by atoms with Crippen LogP contribution >= 0.6 is 66.5 Å². The van der Waals surface area contributed by atoms with Crippen LogP contribution in [0.15, 0.2) is 0 Å². The lowest BCUT2D eigenvalue weighted by Gasteiger charge is -2.17. The van der Waals surface area contributed by atoms with Gasteiger partial charge in [-0.1, -0.05) is 77.0 Å². The number of hydrogen-bond donors (Lipinski definition) is 2. The molecule has 27 heavy (non-hydrogen) atoms. The van der Waals surface area contributed by atoms with E-state index < -0.39 is 20.6 Å². The van der Waals surface area contributed by atoms with Crippen LogP contribution in [0.5, 0.6) is 0 Å². The van der Waals surface area contributed by atoms with Crippen molar-refractivity contribution in [3.63, 3.8) is 0 Å². The van der Waals surface area contributed by atoms with Gasteiger partial charge in [0.05, 0.1) is 0 Å². The van der Waals surface area contributed by atoms with Crippen LogP contribution in [-0.2, 0) is 0 Å². The second-order valence-electron chi connectivity index (χ2n) is 7.46. The zero-order chi connectivity index (χ0) is 20.8. The first kappa shape index (κ1) is 29.3. The molecule has 0 saturated carbocycles. The van der Waals surface area contributed by atoms with E-state index >= 15 is 0 Å². The van der Waals surface area contributed by atoms with Crippen molar-refractivity contribution in [1.82, 2.24) is 0 Å². The zero-order valence-corrected chi connectivity index (χ0v) is 23.5. The molecule has 0 aromatic rings. The van der Waals surface area contributed by atoms with Crippen LogP contribution in [0.25, 0.3) is 0 Å². The number of hydrogen-bond acceptors (Lipinski definition) is 2. The van der Waals surface area contributed by atoms with Crippen LogP contribution in [-0.4, -0.2) is 30.2 Å². The van der Waals surface area contributed by atoms with Crippen LogP contribution in [0.3, 0.4) is 0 Å². The molecular formula is C16H34Cl6O2Si3. The Bertz CT molecular complexity index is 333. The summed E-state index contributed by atoms with van der Waals surface area (Å²) in [6, 6.07) is -2.26. The van der Waals surface area contributed by atoms with Gasteiger partial charge in [0, 0.05) is 0 Å². The molecule has 0 aromatic carbocycles. The highest BCUT2D eigenvalue weighted by molar-refractivity contribution is 7.65. The van der Waals surface area contributed by atoms with E-state index in [1.165, 1.54) is 0 Å². The predicted octanol–water partition coefficient (Wildman–Crippen LogP) is 8.41. The summed E-state index contributed by atoms with van der Waals surface area (Å²) < 4.78 is 0. The van der Waals surface area contributed by atoms with Crippen molar-refractivity contribution in [2.24, 2.45) is 0 Å². The van der Waals surface area contributed by atoms with Gasteiger partial charge in [0.2, 0.25) is 0 Å². The average molecular weight is 555 g/mol. The minimum absolute atomic E-state index is 0.585. The molecule has 2 nitrogen and oxygen atoms in total. The van der Waals surface area contributed by atoms with Gasteiger partial charge in [-0.05, 0) is 24.2 Å². The highest BCUT2D eigenvalue weighted by Crippen LogP contribution is 2.28. The van der Waals surface area contributed by atoms with E-state index in [0.29, 0.717) is 12.1 Å². The first-order valence-corrected chi connectivity index (χ1v) is 22.8. The quantitative estimate of drug-likeness (QED) is 0.101. The Morgan fingerprint density at radius 2 is 0.593 bits per heavy atom. The van der Waals surface area contributed by atoms with Gasteiger partial charge in [0.25, 0.3) is 0 Å². The maximum atomic E-state index is 10.2. The molecule has 0 rings (SSSR count). The molecule has 0 radical (unpaired) electrons. The topological polar surface area (TPSA) is 40.5 Å². The standard InChI is InChI=1S/C16H34Cl6O2Si3/c17-26(18,19)15-11-7-3-1-5-9-13-25(23,24)14-10-6-2-4-8-12-16-27(20,21)22/h23-24H,1-16H2. The highest BCUT2D eigenvalue weighted by atomic mass is 35.8. The van der Waals surface area contributed by atoms with Gasteiger partial charge in [-0.25, -0.2) is 0 Å². The Kier molecular flexibility index (Phi) is 17.4. The molecule has 0 unspecified atom stereocenters. The predicted molar refractivity (Wildman–Crippen MR) is 131 cm³/mol. The molecule has 164 valence electrons. The van der Waals surface area contributed by atoms with Crippen LogP contribution < -0.4 is 0 Å². The Morgan fingerprint density at radius 1 is 0.370 bits per heavy atom. The zero-order valence-electron chi connectivity index (χ0n) is 16.0. The van der Waals surface area contributed by atoms with Gasteiger partial charge in [-0.15, -0.1) is 66.5 Å². The van der Waals surface area contributed by atoms with Crippen LogP contribution in [0.2, 0.25) is 24.2 Å². The third-order valence-corrected chi connectivity index (χ3v) is 12.1. The lowest BCUT2D eigenvalue weighted by atomic mass is 10.1. The molecular weight excluding hydrogens is 521 g/mol. The Balaban J connectivity index is 3.45. The van der Waals surface area contributed by atoms with Gasteiger partial charge in [0.15, 0.2) is 0 Å². The number of unbranched alkanes of at least 4 members (excludes halogenated alkanes) is 10. The molecule has 0 spiro atoms. The van der Waals surface area contributed by atoms with Crippen LogP contribution in [0.1, 0.15) is 77.0 Å². The molecule has 0 saturated heterocycles. The van der Waals surface area contributed by atoms with Crippen molar-refractivity contribution < 1.29 is 9.59 Å². The fourth-order valence-corrected chi connectivity index (χ4v) is 8.60. The fraction of sp³-hybridized carbons (Fsp3) is 1.00. The van der Waals surface area contributed by atoms with E-state index in [2.05, 4.69) is 0 Å². The molecule has 0 heterocycles. The van der Waals surface area contributed by atoms with E-state index in [-0.39, 0.29) is 0 Å².